The van der Waals surface area contributed by atoms with Gasteiger partial charge in [-0.1, -0.05) is 83.1 Å². The Morgan fingerprint density at radius 3 is 0.706 bits per heavy atom. The fourth-order valence-corrected chi connectivity index (χ4v) is 5.17. The number of amides is 4. The van der Waals surface area contributed by atoms with Gasteiger partial charge in [0.05, 0.1) is 48.8 Å². The number of Topliss-reactive ketones (excluding diaryl/α,β-unsaturated/α-hetero) is 4. The van der Waals surface area contributed by atoms with Crippen LogP contribution >= 0.6 is 0 Å². The first-order chi connectivity index (χ1) is 31.2. The lowest BCUT2D eigenvalue weighted by Crippen LogP contribution is -2.49. The Labute approximate surface area is 398 Å². The summed E-state index contributed by atoms with van der Waals surface area (Å²) < 4.78 is 0. The van der Waals surface area contributed by atoms with Crippen molar-refractivity contribution in [1.29, 1.82) is 0 Å². The van der Waals surface area contributed by atoms with E-state index in [1.54, 1.807) is 55.4 Å². The predicted octanol–water partition coefficient (Wildman–Crippen LogP) is -0.937. The molecule has 6 unspecified atom stereocenters. The second-order valence-electron chi connectivity index (χ2n) is 17.4. The normalized spacial score (nSPS) is 14.2. The Kier molecular flexibility index (Phi) is 36.8. The Morgan fingerprint density at radius 1 is 0.338 bits per heavy atom. The van der Waals surface area contributed by atoms with Crippen molar-refractivity contribution in [3.8, 4) is 0 Å². The number of nitrogens with one attached hydrogen (secondary N) is 4. The molecule has 0 spiro atoms. The highest BCUT2D eigenvalue weighted by molar-refractivity contribution is 5.94. The van der Waals surface area contributed by atoms with Crippen LogP contribution in [-0.2, 0) is 57.5 Å². The van der Waals surface area contributed by atoms with Crippen LogP contribution < -0.4 is 44.2 Å². The highest BCUT2D eigenvalue weighted by Crippen LogP contribution is 2.08. The molecule has 24 heteroatoms. The van der Waals surface area contributed by atoms with Gasteiger partial charge in [0.1, 0.15) is 0 Å². The number of carboxylic acid groups (broad SMARTS) is 4. The molecule has 0 rings (SSSR count). The van der Waals surface area contributed by atoms with Crippen molar-refractivity contribution in [2.24, 2.45) is 70.3 Å². The molecule has 4 amide bonds. The van der Waals surface area contributed by atoms with Crippen molar-refractivity contribution in [3.05, 3.63) is 0 Å². The molecule has 16 N–H and O–H groups in total. The number of carboxylic acids is 4. The molecule has 0 saturated carbocycles. The first kappa shape index (κ1) is 68.9. The molecule has 0 aromatic carbocycles. The first-order valence-electron chi connectivity index (χ1n) is 22.2. The third-order valence-corrected chi connectivity index (χ3v) is 9.58. The largest absolute Gasteiger partial charge is 0.481 e. The van der Waals surface area contributed by atoms with Gasteiger partial charge in [0, 0.05) is 74.5 Å². The van der Waals surface area contributed by atoms with Crippen LogP contribution in [0.5, 0.6) is 0 Å². The number of carbonyl (C=O) groups is 12. The number of hydrogen-bond donors (Lipinski definition) is 12. The van der Waals surface area contributed by atoms with Crippen LogP contribution in [0.25, 0.3) is 0 Å². The molecule has 0 aromatic rings. The molecule has 0 aliphatic carbocycles. The summed E-state index contributed by atoms with van der Waals surface area (Å²) in [5, 5.41) is 44.3. The van der Waals surface area contributed by atoms with E-state index in [0.29, 0.717) is 0 Å². The van der Waals surface area contributed by atoms with Gasteiger partial charge in [-0.3, -0.25) is 57.5 Å². The van der Waals surface area contributed by atoms with Crippen LogP contribution in [0, 0.1) is 47.3 Å². The molecule has 0 radical (unpaired) electrons. The minimum atomic E-state index is -1.05. The molecule has 68 heavy (non-hydrogen) atoms. The van der Waals surface area contributed by atoms with Crippen LogP contribution in [0.3, 0.4) is 0 Å². The van der Waals surface area contributed by atoms with Gasteiger partial charge in [0.25, 0.3) is 0 Å². The summed E-state index contributed by atoms with van der Waals surface area (Å²) >= 11 is 0. The van der Waals surface area contributed by atoms with Crippen molar-refractivity contribution in [2.45, 2.75) is 133 Å². The first-order valence-corrected chi connectivity index (χ1v) is 22.2. The zero-order valence-electron chi connectivity index (χ0n) is 41.6. The maximum Gasteiger partial charge on any atom is 0.306 e. The minimum Gasteiger partial charge on any atom is -0.481 e. The van der Waals surface area contributed by atoms with E-state index >= 15 is 0 Å². The molecule has 0 heterocycles. The fourth-order valence-electron chi connectivity index (χ4n) is 5.17. The molecule has 24 nitrogen and oxygen atoms in total. The van der Waals surface area contributed by atoms with Crippen molar-refractivity contribution < 1.29 is 78.0 Å². The van der Waals surface area contributed by atoms with Gasteiger partial charge in [-0.05, 0) is 0 Å². The lowest BCUT2D eigenvalue weighted by atomic mass is 10.0. The van der Waals surface area contributed by atoms with Crippen LogP contribution in [0.2, 0.25) is 0 Å². The van der Waals surface area contributed by atoms with E-state index in [0.717, 1.165) is 0 Å². The van der Waals surface area contributed by atoms with Gasteiger partial charge >= 0.3 is 23.9 Å². The highest BCUT2D eigenvalue weighted by Gasteiger charge is 2.28. The summed E-state index contributed by atoms with van der Waals surface area (Å²) in [6.45, 7) is 19.7. The third-order valence-electron chi connectivity index (χ3n) is 9.58. The molecule has 0 bridgehead atoms. The van der Waals surface area contributed by atoms with Gasteiger partial charge in [-0.2, -0.15) is 0 Å². The summed E-state index contributed by atoms with van der Waals surface area (Å²) in [7, 11) is 0. The van der Waals surface area contributed by atoms with Crippen LogP contribution in [0.4, 0.5) is 0 Å². The van der Waals surface area contributed by atoms with Gasteiger partial charge in [-0.25, -0.2) is 0 Å². The second kappa shape index (κ2) is 36.3. The fraction of sp³-hybridized carbons (Fsp3) is 0.727. The van der Waals surface area contributed by atoms with Gasteiger partial charge in [0.15, 0.2) is 23.1 Å². The Bertz CT molecular complexity index is 1570. The molecular formula is C44H80N8O16. The standard InChI is InChI=1S/4C11H20N2O4/c2*1-6(2)10(16)8(5-12)13-11(17)7(3)4-9(14)15;2*1-6(2)10(15)8(5-12)13-9(14)4-7(3)11(16)17/h2*6-8H,4-5,12H2,1-3H3,(H,13,17)(H,14,15);2*6-8H,4-5,12H2,1-3H3,(H,13,14)(H,16,17)/t7?,8-;;7?,8-;/m1.1./s1. The Morgan fingerprint density at radius 2 is 0.544 bits per heavy atom. The van der Waals surface area contributed by atoms with E-state index in [-0.39, 0.29) is 98.7 Å². The lowest BCUT2D eigenvalue weighted by molar-refractivity contribution is -0.144. The number of carbonyl (C=O) groups excluding carboxylic acids is 8. The maximum atomic E-state index is 11.6. The summed E-state index contributed by atoms with van der Waals surface area (Å²) in [6, 6.07) is -2.94. The number of hydrogen-bond acceptors (Lipinski definition) is 16. The number of aliphatic carboxylic acids is 4. The number of nitrogens with two attached hydrogens (primary N) is 4. The number of rotatable bonds is 28. The van der Waals surface area contributed by atoms with Gasteiger partial charge in [-0.15, -0.1) is 0 Å². The van der Waals surface area contributed by atoms with E-state index in [1.165, 1.54) is 27.7 Å². The number of ketones is 4. The molecule has 0 aliphatic heterocycles. The second-order valence-corrected chi connectivity index (χ2v) is 17.4. The van der Waals surface area contributed by atoms with E-state index in [2.05, 4.69) is 21.3 Å². The lowest BCUT2D eigenvalue weighted by Gasteiger charge is -2.19. The van der Waals surface area contributed by atoms with Crippen LogP contribution in [0.1, 0.15) is 109 Å². The van der Waals surface area contributed by atoms with E-state index in [4.69, 9.17) is 43.4 Å². The third kappa shape index (κ3) is 31.3. The molecule has 0 saturated heterocycles. The molecule has 0 aromatic heterocycles. The summed E-state index contributed by atoms with van der Waals surface area (Å²) in [5.74, 6) is -10.4. The topological polar surface area (TPSA) is 438 Å². The SMILES string of the molecule is CC(C)C(=O)C(CN)NC(=O)C(C)CC(=O)O.CC(C)C(=O)C(CN)NC(=O)CC(C)C(=O)O.CC(C)C(=O)[C@@H](CN)NC(=O)C(C)CC(=O)O.CC(C)C(=O)[C@@H](CN)NC(=O)CC(C)C(=O)O. The van der Waals surface area contributed by atoms with Crippen LogP contribution in [0.15, 0.2) is 0 Å². The molecular weight excluding hydrogens is 897 g/mol. The molecule has 8 atom stereocenters. The summed E-state index contributed by atoms with van der Waals surface area (Å²) in [4.78, 5) is 135. The van der Waals surface area contributed by atoms with Crippen molar-refractivity contribution in [2.75, 3.05) is 26.2 Å². The minimum absolute atomic E-state index is 0.0164. The van der Waals surface area contributed by atoms with Crippen molar-refractivity contribution in [3.63, 3.8) is 0 Å². The van der Waals surface area contributed by atoms with Gasteiger partial charge < -0.3 is 64.6 Å². The zero-order chi connectivity index (χ0) is 54.3. The smallest absolute Gasteiger partial charge is 0.306 e. The Hall–Kier alpha value is -5.72. The Balaban J connectivity index is -0.000000402. The maximum absolute atomic E-state index is 11.6. The molecule has 0 fully saturated rings. The monoisotopic (exact) mass is 977 g/mol. The molecule has 0 aliphatic rings. The van der Waals surface area contributed by atoms with Crippen molar-refractivity contribution >= 4 is 70.6 Å². The zero-order valence-corrected chi connectivity index (χ0v) is 41.6. The van der Waals surface area contributed by atoms with E-state index in [9.17, 15) is 57.5 Å². The highest BCUT2D eigenvalue weighted by atomic mass is 16.4. The average molecular weight is 977 g/mol. The average Bonchev–Trinajstić information content (AvgIpc) is 3.24. The van der Waals surface area contributed by atoms with Gasteiger partial charge in [0.2, 0.25) is 23.6 Å². The van der Waals surface area contributed by atoms with E-state index in [1.807, 2.05) is 0 Å². The quantitative estimate of drug-likeness (QED) is 0.0450. The summed E-state index contributed by atoms with van der Waals surface area (Å²) in [6.07, 6.45) is -0.841. The summed E-state index contributed by atoms with van der Waals surface area (Å²) in [5.41, 5.74) is 21.6. The van der Waals surface area contributed by atoms with Crippen LogP contribution in [-0.4, -0.2) is 141 Å². The predicted molar refractivity (Wildman–Crippen MR) is 249 cm³/mol. The van der Waals surface area contributed by atoms with E-state index < -0.39 is 95.3 Å². The molecule has 392 valence electrons. The van der Waals surface area contributed by atoms with Crippen molar-refractivity contribution in [1.82, 2.24) is 21.3 Å².